The van der Waals surface area contributed by atoms with E-state index in [0.717, 1.165) is 18.5 Å². The highest BCUT2D eigenvalue weighted by Crippen LogP contribution is 2.38. The standard InChI is InChI=1S/C20H29N3O4S/c1-19(2,3)27-18(26)23-8-6-7-12(11-23)16(25)22-17-21-13-9-20(4,5)10-14(24)15(13)28-17/h12H,6-11H2,1-5H3,(H,21,22,25). The molecule has 154 valence electrons. The number of carbonyl (C=O) groups is 3. The number of rotatable bonds is 2. The Morgan fingerprint density at radius 3 is 2.68 bits per heavy atom. The number of hydrogen-bond donors (Lipinski definition) is 1. The first-order chi connectivity index (χ1) is 12.9. The molecule has 1 saturated heterocycles. The Morgan fingerprint density at radius 2 is 2.00 bits per heavy atom. The predicted molar refractivity (Wildman–Crippen MR) is 108 cm³/mol. The van der Waals surface area contributed by atoms with E-state index in [2.05, 4.69) is 24.1 Å². The number of thiazole rings is 1. The lowest BCUT2D eigenvalue weighted by Gasteiger charge is -2.33. The Balaban J connectivity index is 1.64. The van der Waals surface area contributed by atoms with Crippen LogP contribution in [0, 0.1) is 11.3 Å². The lowest BCUT2D eigenvalue weighted by atomic mass is 9.78. The van der Waals surface area contributed by atoms with E-state index in [1.807, 2.05) is 20.8 Å². The monoisotopic (exact) mass is 407 g/mol. The number of ketones is 1. The van der Waals surface area contributed by atoms with Crippen LogP contribution in [-0.4, -0.2) is 46.4 Å². The first-order valence-electron chi connectivity index (χ1n) is 9.75. The Bertz CT molecular complexity index is 794. The number of carbonyl (C=O) groups excluding carboxylic acids is 3. The summed E-state index contributed by atoms with van der Waals surface area (Å²) in [7, 11) is 0. The van der Waals surface area contributed by atoms with Crippen LogP contribution < -0.4 is 5.32 Å². The van der Waals surface area contributed by atoms with Gasteiger partial charge in [-0.2, -0.15) is 0 Å². The summed E-state index contributed by atoms with van der Waals surface area (Å²) in [4.78, 5) is 44.1. The van der Waals surface area contributed by atoms with Crippen molar-refractivity contribution in [2.24, 2.45) is 11.3 Å². The van der Waals surface area contributed by atoms with E-state index in [0.29, 0.717) is 35.9 Å². The summed E-state index contributed by atoms with van der Waals surface area (Å²) < 4.78 is 5.42. The highest BCUT2D eigenvalue weighted by Gasteiger charge is 2.35. The van der Waals surface area contributed by atoms with Gasteiger partial charge in [-0.1, -0.05) is 25.2 Å². The summed E-state index contributed by atoms with van der Waals surface area (Å²) in [6.45, 7) is 10.5. The number of anilines is 1. The van der Waals surface area contributed by atoms with Gasteiger partial charge in [0.05, 0.1) is 16.5 Å². The second-order valence-corrected chi connectivity index (χ2v) is 10.5. The minimum absolute atomic E-state index is 0.0954. The number of fused-ring (bicyclic) bond motifs is 1. The average Bonchev–Trinajstić information content (AvgIpc) is 2.94. The molecule has 0 aromatic carbocycles. The van der Waals surface area contributed by atoms with Gasteiger partial charge in [0, 0.05) is 19.5 Å². The fourth-order valence-electron chi connectivity index (χ4n) is 3.66. The molecule has 8 heteroatoms. The first kappa shape index (κ1) is 20.8. The molecule has 1 aromatic heterocycles. The third-order valence-corrected chi connectivity index (χ3v) is 5.96. The molecular weight excluding hydrogens is 378 g/mol. The maximum Gasteiger partial charge on any atom is 0.410 e. The third-order valence-electron chi connectivity index (χ3n) is 4.91. The number of nitrogens with zero attached hydrogens (tertiary/aromatic N) is 2. The molecule has 28 heavy (non-hydrogen) atoms. The average molecular weight is 408 g/mol. The Hall–Kier alpha value is -1.96. The highest BCUT2D eigenvalue weighted by atomic mass is 32.1. The molecule has 7 nitrogen and oxygen atoms in total. The SMILES string of the molecule is CC1(C)CC(=O)c2sc(NC(=O)C3CCCN(C(=O)OC(C)(C)C)C3)nc2C1. The normalized spacial score (nSPS) is 21.8. The van der Waals surface area contributed by atoms with E-state index in [-0.39, 0.29) is 29.1 Å². The van der Waals surface area contributed by atoms with Crippen molar-refractivity contribution in [3.63, 3.8) is 0 Å². The fraction of sp³-hybridized carbons (Fsp3) is 0.700. The molecule has 0 bridgehead atoms. The van der Waals surface area contributed by atoms with Gasteiger partial charge >= 0.3 is 6.09 Å². The number of piperidine rings is 1. The Kier molecular flexibility index (Phi) is 5.53. The number of likely N-dealkylation sites (tertiary alicyclic amines) is 1. The van der Waals surface area contributed by atoms with Crippen molar-refractivity contribution in [1.29, 1.82) is 0 Å². The summed E-state index contributed by atoms with van der Waals surface area (Å²) in [6, 6.07) is 0. The molecule has 1 aliphatic heterocycles. The van der Waals surface area contributed by atoms with Crippen LogP contribution >= 0.6 is 11.3 Å². The van der Waals surface area contributed by atoms with Crippen LogP contribution in [0.1, 0.15) is 69.2 Å². The van der Waals surface area contributed by atoms with E-state index in [9.17, 15) is 14.4 Å². The molecule has 2 heterocycles. The summed E-state index contributed by atoms with van der Waals surface area (Å²) in [5, 5.41) is 3.33. The zero-order valence-corrected chi connectivity index (χ0v) is 18.1. The van der Waals surface area contributed by atoms with Crippen LogP contribution in [0.25, 0.3) is 0 Å². The van der Waals surface area contributed by atoms with Crippen molar-refractivity contribution in [2.45, 2.75) is 65.9 Å². The van der Waals surface area contributed by atoms with Gasteiger partial charge in [-0.25, -0.2) is 9.78 Å². The number of hydrogen-bond acceptors (Lipinski definition) is 6. The van der Waals surface area contributed by atoms with Crippen LogP contribution in [0.3, 0.4) is 0 Å². The molecule has 1 aromatic rings. The fourth-order valence-corrected chi connectivity index (χ4v) is 4.59. The van der Waals surface area contributed by atoms with Gasteiger partial charge in [0.1, 0.15) is 5.60 Å². The van der Waals surface area contributed by atoms with Crippen molar-refractivity contribution >= 4 is 34.3 Å². The molecular formula is C20H29N3O4S. The second kappa shape index (κ2) is 7.46. The van der Waals surface area contributed by atoms with E-state index >= 15 is 0 Å². The predicted octanol–water partition coefficient (Wildman–Crippen LogP) is 3.88. The molecule has 1 aliphatic carbocycles. The maximum atomic E-state index is 12.7. The molecule has 1 N–H and O–H groups in total. The van der Waals surface area contributed by atoms with Gasteiger partial charge in [-0.15, -0.1) is 0 Å². The van der Waals surface area contributed by atoms with Gasteiger partial charge < -0.3 is 15.0 Å². The minimum atomic E-state index is -0.563. The molecule has 2 aliphatic rings. The number of nitrogens with one attached hydrogen (secondary N) is 1. The van der Waals surface area contributed by atoms with Crippen molar-refractivity contribution in [3.8, 4) is 0 Å². The molecule has 1 atom stereocenters. The van der Waals surface area contributed by atoms with E-state index in [1.165, 1.54) is 11.3 Å². The zero-order chi connectivity index (χ0) is 20.7. The van der Waals surface area contributed by atoms with Gasteiger partial charge in [0.25, 0.3) is 0 Å². The van der Waals surface area contributed by atoms with Gasteiger partial charge in [-0.05, 0) is 45.4 Å². The van der Waals surface area contributed by atoms with Gasteiger partial charge in [0.2, 0.25) is 5.91 Å². The molecule has 0 saturated carbocycles. The zero-order valence-electron chi connectivity index (χ0n) is 17.3. The molecule has 1 fully saturated rings. The quantitative estimate of drug-likeness (QED) is 0.804. The summed E-state index contributed by atoms with van der Waals surface area (Å²) >= 11 is 1.25. The first-order valence-corrected chi connectivity index (χ1v) is 10.6. The topological polar surface area (TPSA) is 88.6 Å². The van der Waals surface area contributed by atoms with Gasteiger partial charge in [-0.3, -0.25) is 9.59 Å². The summed E-state index contributed by atoms with van der Waals surface area (Å²) in [5.74, 6) is -0.376. The Labute approximate surface area is 169 Å². The van der Waals surface area contributed by atoms with Crippen LogP contribution in [-0.2, 0) is 16.0 Å². The van der Waals surface area contributed by atoms with E-state index in [4.69, 9.17) is 4.74 Å². The van der Waals surface area contributed by atoms with Crippen molar-refractivity contribution in [2.75, 3.05) is 18.4 Å². The van der Waals surface area contributed by atoms with E-state index < -0.39 is 5.60 Å². The maximum absolute atomic E-state index is 12.7. The minimum Gasteiger partial charge on any atom is -0.444 e. The summed E-state index contributed by atoms with van der Waals surface area (Å²) in [6.07, 6.45) is 2.31. The van der Waals surface area contributed by atoms with Crippen LogP contribution in [0.5, 0.6) is 0 Å². The number of aromatic nitrogens is 1. The smallest absolute Gasteiger partial charge is 0.410 e. The number of ether oxygens (including phenoxy) is 1. The van der Waals surface area contributed by atoms with Crippen LogP contribution in [0.15, 0.2) is 0 Å². The second-order valence-electron chi connectivity index (χ2n) is 9.49. The van der Waals surface area contributed by atoms with Crippen molar-refractivity contribution in [3.05, 3.63) is 10.6 Å². The lowest BCUT2D eigenvalue weighted by Crippen LogP contribution is -2.45. The molecule has 0 spiro atoms. The van der Waals surface area contributed by atoms with Crippen molar-refractivity contribution in [1.82, 2.24) is 9.88 Å². The number of Topliss-reactive ketones (excluding diaryl/α,β-unsaturated/α-hetero) is 1. The largest absolute Gasteiger partial charge is 0.444 e. The van der Waals surface area contributed by atoms with Gasteiger partial charge in [0.15, 0.2) is 10.9 Å². The highest BCUT2D eigenvalue weighted by molar-refractivity contribution is 7.17. The third kappa shape index (κ3) is 4.90. The lowest BCUT2D eigenvalue weighted by molar-refractivity contribution is -0.121. The molecule has 0 radical (unpaired) electrons. The summed E-state index contributed by atoms with van der Waals surface area (Å²) in [5.41, 5.74) is 0.115. The molecule has 1 unspecified atom stereocenters. The Morgan fingerprint density at radius 1 is 1.29 bits per heavy atom. The van der Waals surface area contributed by atoms with Crippen LogP contribution in [0.4, 0.5) is 9.93 Å². The molecule has 2 amide bonds. The van der Waals surface area contributed by atoms with Crippen LogP contribution in [0.2, 0.25) is 0 Å². The number of amides is 2. The van der Waals surface area contributed by atoms with Crippen molar-refractivity contribution < 1.29 is 19.1 Å². The van der Waals surface area contributed by atoms with E-state index in [1.54, 1.807) is 4.90 Å². The molecule has 3 rings (SSSR count).